The fraction of sp³-hybridized carbons (Fsp3) is 0.296. The third kappa shape index (κ3) is 6.38. The lowest BCUT2D eigenvalue weighted by molar-refractivity contribution is -0.124. The summed E-state index contributed by atoms with van der Waals surface area (Å²) in [4.78, 5) is 30.9. The summed E-state index contributed by atoms with van der Waals surface area (Å²) in [7, 11) is 0. The standard InChI is InChI=1S/C27H29N3O3S/c1-19-18-33-22-10-6-8-20(16-22)23-11-2-3-13-25(23)34-15-5-4-12-24(27(32)29-19)30-26(31)21-9-7-14-28-17-21/h2-3,6-11,13-14,16-17,19,24H,4-5,12,15,18H2,1H3,(H,29,32)(H,30,31)/t19-,24+/m1/s1. The number of carbonyl (C=O) groups is 2. The highest BCUT2D eigenvalue weighted by atomic mass is 32.2. The molecular formula is C27H29N3O3S. The number of nitrogens with one attached hydrogen (secondary N) is 2. The summed E-state index contributed by atoms with van der Waals surface area (Å²) in [5.41, 5.74) is 2.74. The van der Waals surface area contributed by atoms with Crippen LogP contribution in [0.15, 0.2) is 78.0 Å². The number of amides is 2. The molecule has 0 fully saturated rings. The molecule has 0 spiro atoms. The average Bonchev–Trinajstić information content (AvgIpc) is 2.87. The van der Waals surface area contributed by atoms with Crippen LogP contribution in [-0.4, -0.2) is 41.2 Å². The van der Waals surface area contributed by atoms with Crippen LogP contribution in [0.2, 0.25) is 0 Å². The molecule has 1 aliphatic heterocycles. The summed E-state index contributed by atoms with van der Waals surface area (Å²) in [6.45, 7) is 2.23. The lowest BCUT2D eigenvalue weighted by Crippen LogP contribution is -2.50. The van der Waals surface area contributed by atoms with Gasteiger partial charge in [-0.25, -0.2) is 0 Å². The van der Waals surface area contributed by atoms with E-state index in [0.29, 0.717) is 18.6 Å². The highest BCUT2D eigenvalue weighted by Crippen LogP contribution is 2.33. The number of carbonyl (C=O) groups excluding carboxylic acids is 2. The van der Waals surface area contributed by atoms with E-state index in [1.165, 1.54) is 16.7 Å². The van der Waals surface area contributed by atoms with Crippen molar-refractivity contribution in [2.24, 2.45) is 0 Å². The Morgan fingerprint density at radius 1 is 1.12 bits per heavy atom. The number of ether oxygens (including phenoxy) is 1. The Hall–Kier alpha value is -3.32. The smallest absolute Gasteiger partial charge is 0.253 e. The summed E-state index contributed by atoms with van der Waals surface area (Å²) >= 11 is 1.81. The minimum Gasteiger partial charge on any atom is -0.491 e. The molecule has 4 rings (SSSR count). The van der Waals surface area contributed by atoms with Crippen LogP contribution in [0.5, 0.6) is 5.75 Å². The monoisotopic (exact) mass is 475 g/mol. The molecule has 7 heteroatoms. The van der Waals surface area contributed by atoms with Crippen LogP contribution in [0.3, 0.4) is 0 Å². The first-order valence-electron chi connectivity index (χ1n) is 11.6. The fourth-order valence-electron chi connectivity index (χ4n) is 3.83. The van der Waals surface area contributed by atoms with Crippen molar-refractivity contribution in [3.63, 3.8) is 0 Å². The van der Waals surface area contributed by atoms with Gasteiger partial charge in [-0.1, -0.05) is 36.8 Å². The summed E-state index contributed by atoms with van der Waals surface area (Å²) in [5.74, 6) is 1.18. The van der Waals surface area contributed by atoms with Crippen LogP contribution in [0.25, 0.3) is 11.1 Å². The molecule has 2 aromatic carbocycles. The van der Waals surface area contributed by atoms with E-state index in [9.17, 15) is 9.59 Å². The molecule has 0 unspecified atom stereocenters. The highest BCUT2D eigenvalue weighted by molar-refractivity contribution is 7.99. The topological polar surface area (TPSA) is 80.3 Å². The zero-order valence-corrected chi connectivity index (χ0v) is 20.0. The number of rotatable bonds is 2. The van der Waals surface area contributed by atoms with Crippen molar-refractivity contribution in [3.8, 4) is 16.9 Å². The quantitative estimate of drug-likeness (QED) is 0.561. The van der Waals surface area contributed by atoms with Gasteiger partial charge in [0.1, 0.15) is 18.4 Å². The number of thioether (sulfide) groups is 1. The minimum atomic E-state index is -0.622. The highest BCUT2D eigenvalue weighted by Gasteiger charge is 2.23. The number of benzene rings is 2. The molecule has 2 amide bonds. The van der Waals surface area contributed by atoms with Crippen molar-refractivity contribution < 1.29 is 14.3 Å². The van der Waals surface area contributed by atoms with Gasteiger partial charge in [0.25, 0.3) is 5.91 Å². The summed E-state index contributed by atoms with van der Waals surface area (Å²) in [5, 5.41) is 5.88. The lowest BCUT2D eigenvalue weighted by atomic mass is 10.1. The first-order valence-corrected chi connectivity index (χ1v) is 12.5. The third-order valence-corrected chi connectivity index (χ3v) is 6.77. The van der Waals surface area contributed by atoms with Crippen LogP contribution in [-0.2, 0) is 4.79 Å². The summed E-state index contributed by atoms with van der Waals surface area (Å²) < 4.78 is 5.99. The third-order valence-electron chi connectivity index (χ3n) is 5.61. The fourth-order valence-corrected chi connectivity index (χ4v) is 4.92. The Balaban J connectivity index is 1.52. The van der Waals surface area contributed by atoms with Gasteiger partial charge in [-0.3, -0.25) is 14.6 Å². The van der Waals surface area contributed by atoms with Gasteiger partial charge in [-0.05, 0) is 67.0 Å². The molecule has 176 valence electrons. The normalized spacial score (nSPS) is 19.3. The Bertz CT molecular complexity index is 1120. The van der Waals surface area contributed by atoms with Crippen molar-refractivity contribution in [1.82, 2.24) is 15.6 Å². The molecule has 0 radical (unpaired) electrons. The molecule has 0 saturated carbocycles. The second kappa shape index (κ2) is 11.7. The van der Waals surface area contributed by atoms with Crippen molar-refractivity contribution in [1.29, 1.82) is 0 Å². The molecule has 2 N–H and O–H groups in total. The maximum atomic E-state index is 13.0. The molecule has 1 aliphatic rings. The molecule has 2 atom stereocenters. The number of aromatic nitrogens is 1. The van der Waals surface area contributed by atoms with E-state index < -0.39 is 6.04 Å². The van der Waals surface area contributed by atoms with Crippen molar-refractivity contribution in [2.75, 3.05) is 12.4 Å². The Labute approximate surface area is 204 Å². The molecule has 3 aromatic rings. The van der Waals surface area contributed by atoms with Crippen LogP contribution in [0, 0.1) is 0 Å². The molecular weight excluding hydrogens is 446 g/mol. The van der Waals surface area contributed by atoms with Gasteiger partial charge in [0.2, 0.25) is 5.91 Å². The molecule has 34 heavy (non-hydrogen) atoms. The first-order chi connectivity index (χ1) is 16.6. The van der Waals surface area contributed by atoms with Crippen LogP contribution < -0.4 is 15.4 Å². The van der Waals surface area contributed by atoms with Gasteiger partial charge in [-0.2, -0.15) is 0 Å². The Morgan fingerprint density at radius 2 is 2.00 bits per heavy atom. The minimum absolute atomic E-state index is 0.202. The van der Waals surface area contributed by atoms with E-state index >= 15 is 0 Å². The van der Waals surface area contributed by atoms with Crippen LogP contribution >= 0.6 is 11.8 Å². The molecule has 0 saturated heterocycles. The van der Waals surface area contributed by atoms with E-state index in [-0.39, 0.29) is 17.9 Å². The predicted octanol–water partition coefficient (Wildman–Crippen LogP) is 4.71. The second-order valence-electron chi connectivity index (χ2n) is 8.36. The Morgan fingerprint density at radius 3 is 2.85 bits per heavy atom. The molecule has 2 heterocycles. The van der Waals surface area contributed by atoms with Gasteiger partial charge in [0.05, 0.1) is 11.6 Å². The van der Waals surface area contributed by atoms with Gasteiger partial charge in [0.15, 0.2) is 0 Å². The summed E-state index contributed by atoms with van der Waals surface area (Å²) in [6, 6.07) is 19.0. The van der Waals surface area contributed by atoms with E-state index in [1.54, 1.807) is 18.3 Å². The van der Waals surface area contributed by atoms with Crippen molar-refractivity contribution >= 4 is 23.6 Å². The molecule has 2 bridgehead atoms. The zero-order valence-electron chi connectivity index (χ0n) is 19.2. The van der Waals surface area contributed by atoms with E-state index in [1.807, 2.05) is 36.9 Å². The van der Waals surface area contributed by atoms with E-state index in [4.69, 9.17) is 4.74 Å². The average molecular weight is 476 g/mol. The lowest BCUT2D eigenvalue weighted by Gasteiger charge is -2.22. The van der Waals surface area contributed by atoms with Gasteiger partial charge < -0.3 is 15.4 Å². The maximum absolute atomic E-state index is 13.0. The molecule has 0 aliphatic carbocycles. The predicted molar refractivity (Wildman–Crippen MR) is 135 cm³/mol. The largest absolute Gasteiger partial charge is 0.491 e. The molecule has 6 nitrogen and oxygen atoms in total. The van der Waals surface area contributed by atoms with E-state index in [2.05, 4.69) is 45.9 Å². The van der Waals surface area contributed by atoms with E-state index in [0.717, 1.165) is 29.9 Å². The number of nitrogens with zero attached hydrogens (tertiary/aromatic N) is 1. The number of hydrogen-bond acceptors (Lipinski definition) is 5. The maximum Gasteiger partial charge on any atom is 0.253 e. The van der Waals surface area contributed by atoms with Crippen LogP contribution in [0.1, 0.15) is 36.5 Å². The van der Waals surface area contributed by atoms with Gasteiger partial charge in [0, 0.05) is 17.3 Å². The van der Waals surface area contributed by atoms with Gasteiger partial charge in [-0.15, -0.1) is 11.8 Å². The van der Waals surface area contributed by atoms with Crippen molar-refractivity contribution in [3.05, 3.63) is 78.6 Å². The van der Waals surface area contributed by atoms with Crippen molar-refractivity contribution in [2.45, 2.75) is 43.2 Å². The number of fused-ring (bicyclic) bond motifs is 4. The summed E-state index contributed by atoms with van der Waals surface area (Å²) in [6.07, 6.45) is 5.43. The SMILES string of the molecule is C[C@@H]1COc2cccc(c2)-c2ccccc2SCCCC[C@H](NC(=O)c2cccnc2)C(=O)N1. The second-order valence-corrected chi connectivity index (χ2v) is 9.49. The number of hydrogen-bond donors (Lipinski definition) is 2. The van der Waals surface area contributed by atoms with Crippen LogP contribution in [0.4, 0.5) is 0 Å². The zero-order chi connectivity index (χ0) is 23.8. The number of pyridine rings is 1. The van der Waals surface area contributed by atoms with Gasteiger partial charge >= 0.3 is 0 Å². The first kappa shape index (κ1) is 23.8. The Kier molecular flexibility index (Phi) is 8.20. The molecule has 1 aromatic heterocycles.